The van der Waals surface area contributed by atoms with Crippen LogP contribution in [0.3, 0.4) is 0 Å². The molecule has 0 atom stereocenters. The molecule has 0 bridgehead atoms. The maximum absolute atomic E-state index is 13.6. The second kappa shape index (κ2) is 7.42. The summed E-state index contributed by atoms with van der Waals surface area (Å²) in [5.41, 5.74) is 1.39. The highest BCUT2D eigenvalue weighted by atomic mass is 35.5. The van der Waals surface area contributed by atoms with Gasteiger partial charge < -0.3 is 10.6 Å². The van der Waals surface area contributed by atoms with Crippen molar-refractivity contribution in [3.63, 3.8) is 0 Å². The second-order valence-electron chi connectivity index (χ2n) is 5.07. The fourth-order valence-corrected chi connectivity index (χ4v) is 2.56. The van der Waals surface area contributed by atoms with Gasteiger partial charge in [0.05, 0.1) is 12.2 Å². The van der Waals surface area contributed by atoms with Crippen LogP contribution in [-0.4, -0.2) is 14.9 Å². The van der Waals surface area contributed by atoms with E-state index in [1.807, 2.05) is 30.3 Å². The van der Waals surface area contributed by atoms with Crippen molar-refractivity contribution in [2.24, 2.45) is 0 Å². The molecule has 2 N–H and O–H groups in total. The Kier molecular flexibility index (Phi) is 5.08. The molecule has 0 saturated heterocycles. The number of anilines is 2. The van der Waals surface area contributed by atoms with Crippen LogP contribution in [0.1, 0.15) is 5.56 Å². The Morgan fingerprint density at radius 1 is 1.08 bits per heavy atom. The molecule has 1 heterocycles. The Hall–Kier alpha value is -2.44. The molecule has 3 aromatic rings. The number of thiocarbonyl (C=S) groups is 1. The zero-order chi connectivity index (χ0) is 16.9. The SMILES string of the molecule is Fc1ccccc1NC(=S)Nc1nn(Cc2ccccc2)cc1Cl. The minimum atomic E-state index is -0.387. The van der Waals surface area contributed by atoms with Crippen LogP contribution in [0, 0.1) is 5.82 Å². The molecule has 4 nitrogen and oxygen atoms in total. The van der Waals surface area contributed by atoms with Gasteiger partial charge in [-0.3, -0.25) is 4.68 Å². The number of benzene rings is 2. The van der Waals surface area contributed by atoms with Gasteiger partial charge in [-0.25, -0.2) is 4.39 Å². The van der Waals surface area contributed by atoms with Gasteiger partial charge in [0.25, 0.3) is 0 Å². The van der Waals surface area contributed by atoms with E-state index < -0.39 is 0 Å². The predicted molar refractivity (Wildman–Crippen MR) is 99.0 cm³/mol. The quantitative estimate of drug-likeness (QED) is 0.671. The lowest BCUT2D eigenvalue weighted by molar-refractivity contribution is 0.632. The topological polar surface area (TPSA) is 41.9 Å². The number of nitrogens with zero attached hydrogens (tertiary/aromatic N) is 2. The molecule has 0 fully saturated rings. The minimum Gasteiger partial charge on any atom is -0.330 e. The highest BCUT2D eigenvalue weighted by Crippen LogP contribution is 2.21. The molecule has 0 amide bonds. The van der Waals surface area contributed by atoms with Crippen molar-refractivity contribution < 1.29 is 4.39 Å². The van der Waals surface area contributed by atoms with E-state index >= 15 is 0 Å². The summed E-state index contributed by atoms with van der Waals surface area (Å²) in [6.07, 6.45) is 1.71. The summed E-state index contributed by atoms with van der Waals surface area (Å²) in [6.45, 7) is 0.593. The summed E-state index contributed by atoms with van der Waals surface area (Å²) < 4.78 is 15.3. The van der Waals surface area contributed by atoms with Gasteiger partial charge in [-0.1, -0.05) is 54.1 Å². The smallest absolute Gasteiger partial charge is 0.176 e. The monoisotopic (exact) mass is 360 g/mol. The normalized spacial score (nSPS) is 10.4. The van der Waals surface area contributed by atoms with Gasteiger partial charge in [-0.15, -0.1) is 0 Å². The third kappa shape index (κ3) is 4.10. The maximum atomic E-state index is 13.6. The molecular formula is C17H14ClFN4S. The number of nitrogens with one attached hydrogen (secondary N) is 2. The first-order valence-corrected chi connectivity index (χ1v) is 8.00. The fraction of sp³-hybridized carbons (Fsp3) is 0.0588. The number of hydrogen-bond acceptors (Lipinski definition) is 2. The lowest BCUT2D eigenvalue weighted by Gasteiger charge is -2.09. The van der Waals surface area contributed by atoms with E-state index in [1.165, 1.54) is 6.07 Å². The molecular weight excluding hydrogens is 347 g/mol. The number of rotatable bonds is 4. The Bertz CT molecular complexity index is 851. The highest BCUT2D eigenvalue weighted by molar-refractivity contribution is 7.80. The van der Waals surface area contributed by atoms with Crippen LogP contribution in [0.2, 0.25) is 5.02 Å². The van der Waals surface area contributed by atoms with E-state index in [-0.39, 0.29) is 16.6 Å². The van der Waals surface area contributed by atoms with Crippen molar-refractivity contribution in [3.05, 3.63) is 77.2 Å². The van der Waals surface area contributed by atoms with Gasteiger partial charge in [0.15, 0.2) is 10.9 Å². The molecule has 122 valence electrons. The molecule has 0 radical (unpaired) electrons. The van der Waals surface area contributed by atoms with Gasteiger partial charge in [0.1, 0.15) is 10.8 Å². The van der Waals surface area contributed by atoms with Crippen molar-refractivity contribution in [2.75, 3.05) is 10.6 Å². The van der Waals surface area contributed by atoms with Crippen molar-refractivity contribution in [1.82, 2.24) is 9.78 Å². The van der Waals surface area contributed by atoms with Crippen LogP contribution in [0.15, 0.2) is 60.8 Å². The third-order valence-corrected chi connectivity index (χ3v) is 3.74. The molecule has 0 saturated carbocycles. The van der Waals surface area contributed by atoms with Crippen LogP contribution >= 0.6 is 23.8 Å². The van der Waals surface area contributed by atoms with Crippen LogP contribution in [0.4, 0.5) is 15.9 Å². The molecule has 24 heavy (non-hydrogen) atoms. The lowest BCUT2D eigenvalue weighted by Crippen LogP contribution is -2.20. The molecule has 0 spiro atoms. The number of para-hydroxylation sites is 1. The fourth-order valence-electron chi connectivity index (χ4n) is 2.16. The number of aromatic nitrogens is 2. The standard InChI is InChI=1S/C17H14ClFN4S/c18-13-11-23(10-12-6-2-1-3-7-12)22-16(13)21-17(24)20-15-9-5-4-8-14(15)19/h1-9,11H,10H2,(H2,20,21,22,24). The Morgan fingerprint density at radius 2 is 1.79 bits per heavy atom. The third-order valence-electron chi connectivity index (χ3n) is 3.26. The largest absolute Gasteiger partial charge is 0.330 e. The van der Waals surface area contributed by atoms with E-state index in [0.717, 1.165) is 5.56 Å². The first kappa shape index (κ1) is 16.4. The van der Waals surface area contributed by atoms with Gasteiger partial charge in [-0.05, 0) is 29.9 Å². The van der Waals surface area contributed by atoms with E-state index in [9.17, 15) is 4.39 Å². The summed E-state index contributed by atoms with van der Waals surface area (Å²) in [6, 6.07) is 16.2. The summed E-state index contributed by atoms with van der Waals surface area (Å²) in [4.78, 5) is 0. The van der Waals surface area contributed by atoms with Crippen LogP contribution in [-0.2, 0) is 6.54 Å². The van der Waals surface area contributed by atoms with Crippen molar-refractivity contribution in [2.45, 2.75) is 6.54 Å². The van der Waals surface area contributed by atoms with E-state index in [4.69, 9.17) is 23.8 Å². The van der Waals surface area contributed by atoms with Gasteiger partial charge >= 0.3 is 0 Å². The first-order valence-electron chi connectivity index (χ1n) is 7.21. The zero-order valence-electron chi connectivity index (χ0n) is 12.5. The predicted octanol–water partition coefficient (Wildman–Crippen LogP) is 4.53. The Labute approximate surface area is 149 Å². The molecule has 0 aliphatic carbocycles. The van der Waals surface area contributed by atoms with E-state index in [1.54, 1.807) is 29.1 Å². The van der Waals surface area contributed by atoms with Crippen LogP contribution in [0.5, 0.6) is 0 Å². The average Bonchev–Trinajstić information content (AvgIpc) is 2.90. The molecule has 0 aliphatic rings. The van der Waals surface area contributed by atoms with Crippen molar-refractivity contribution in [1.29, 1.82) is 0 Å². The number of halogens is 2. The summed E-state index contributed by atoms with van der Waals surface area (Å²) >= 11 is 11.4. The average molecular weight is 361 g/mol. The first-order chi connectivity index (χ1) is 11.6. The molecule has 1 aromatic heterocycles. The Morgan fingerprint density at radius 3 is 2.54 bits per heavy atom. The molecule has 2 aromatic carbocycles. The molecule has 3 rings (SSSR count). The summed E-state index contributed by atoms with van der Waals surface area (Å²) in [5, 5.41) is 10.7. The highest BCUT2D eigenvalue weighted by Gasteiger charge is 2.10. The molecule has 0 aliphatic heterocycles. The van der Waals surface area contributed by atoms with Crippen LogP contribution in [0.25, 0.3) is 0 Å². The van der Waals surface area contributed by atoms with E-state index in [2.05, 4.69) is 15.7 Å². The Balaban J connectivity index is 1.67. The minimum absolute atomic E-state index is 0.215. The van der Waals surface area contributed by atoms with E-state index in [0.29, 0.717) is 17.4 Å². The van der Waals surface area contributed by atoms with Gasteiger partial charge in [0, 0.05) is 6.20 Å². The number of hydrogen-bond donors (Lipinski definition) is 2. The second-order valence-corrected chi connectivity index (χ2v) is 5.88. The van der Waals surface area contributed by atoms with Gasteiger partial charge in [0.2, 0.25) is 0 Å². The maximum Gasteiger partial charge on any atom is 0.176 e. The molecule has 0 unspecified atom stereocenters. The molecule has 7 heteroatoms. The van der Waals surface area contributed by atoms with Crippen molar-refractivity contribution in [3.8, 4) is 0 Å². The lowest BCUT2D eigenvalue weighted by atomic mass is 10.2. The summed E-state index contributed by atoms with van der Waals surface area (Å²) in [5.74, 6) is 0.0313. The van der Waals surface area contributed by atoms with Crippen molar-refractivity contribution >= 4 is 40.4 Å². The zero-order valence-corrected chi connectivity index (χ0v) is 14.1. The van der Waals surface area contributed by atoms with Crippen LogP contribution < -0.4 is 10.6 Å². The van der Waals surface area contributed by atoms with Gasteiger partial charge in [-0.2, -0.15) is 5.10 Å². The summed E-state index contributed by atoms with van der Waals surface area (Å²) in [7, 11) is 0.